The number of carbonyl (C=O) groups excluding carboxylic acids is 1. The van der Waals surface area contributed by atoms with Gasteiger partial charge in [-0.3, -0.25) is 4.79 Å². The van der Waals surface area contributed by atoms with Crippen molar-refractivity contribution in [3.8, 4) is 0 Å². The van der Waals surface area contributed by atoms with Gasteiger partial charge in [-0.15, -0.1) is 0 Å². The van der Waals surface area contributed by atoms with Gasteiger partial charge in [-0.05, 0) is 18.2 Å². The summed E-state index contributed by atoms with van der Waals surface area (Å²) in [5.74, 6) is -0.201. The molecule has 1 amide bonds. The predicted octanol–water partition coefficient (Wildman–Crippen LogP) is 4.10. The molecule has 2 rings (SSSR count). The minimum Gasteiger partial charge on any atom is -0.322 e. The highest BCUT2D eigenvalue weighted by atomic mass is 79.9. The Morgan fingerprint density at radius 3 is 2.28 bits per heavy atom. The third-order valence-corrected chi connectivity index (χ3v) is 3.20. The van der Waals surface area contributed by atoms with E-state index >= 15 is 0 Å². The lowest BCUT2D eigenvalue weighted by Crippen LogP contribution is -2.13. The molecule has 18 heavy (non-hydrogen) atoms. The number of para-hydroxylation sites is 1. The minimum atomic E-state index is -0.201. The van der Waals surface area contributed by atoms with Crippen LogP contribution in [0.4, 0.5) is 5.69 Å². The number of carbonyl (C=O) groups is 1. The molecule has 0 saturated carbocycles. The molecule has 90 valence electrons. The number of halogens is 1. The van der Waals surface area contributed by atoms with Crippen molar-refractivity contribution in [1.82, 2.24) is 0 Å². The van der Waals surface area contributed by atoms with Gasteiger partial charge in [0, 0.05) is 21.3 Å². The largest absolute Gasteiger partial charge is 0.322 e. The van der Waals surface area contributed by atoms with Crippen LogP contribution in [-0.2, 0) is 4.79 Å². The van der Waals surface area contributed by atoms with Crippen LogP contribution in [0, 0.1) is 0 Å². The number of benzene rings is 2. The van der Waals surface area contributed by atoms with E-state index in [2.05, 4.69) is 27.8 Å². The van der Waals surface area contributed by atoms with Crippen LogP contribution in [-0.4, -0.2) is 5.91 Å². The Balaban J connectivity index is 2.16. The lowest BCUT2D eigenvalue weighted by atomic mass is 10.1. The maximum Gasteiger partial charge on any atom is 0.255 e. The highest BCUT2D eigenvalue weighted by Gasteiger charge is 2.11. The molecule has 0 atom stereocenters. The van der Waals surface area contributed by atoms with Gasteiger partial charge in [0.05, 0.1) is 0 Å². The summed E-state index contributed by atoms with van der Waals surface area (Å²) in [6.07, 6.45) is 0. The topological polar surface area (TPSA) is 29.1 Å². The Hall–Kier alpha value is -1.87. The van der Waals surface area contributed by atoms with E-state index in [1.165, 1.54) is 0 Å². The summed E-state index contributed by atoms with van der Waals surface area (Å²) in [6.45, 7) is 3.84. The van der Waals surface area contributed by atoms with Crippen LogP contribution in [0.5, 0.6) is 0 Å². The number of rotatable bonds is 3. The van der Waals surface area contributed by atoms with E-state index in [9.17, 15) is 4.79 Å². The van der Waals surface area contributed by atoms with E-state index in [1.807, 2.05) is 54.6 Å². The van der Waals surface area contributed by atoms with Gasteiger partial charge in [-0.1, -0.05) is 58.9 Å². The lowest BCUT2D eigenvalue weighted by molar-refractivity contribution is -0.111. The van der Waals surface area contributed by atoms with Gasteiger partial charge in [0.2, 0.25) is 0 Å². The number of anilines is 1. The molecular formula is C15H12BrNO. The first-order valence-electron chi connectivity index (χ1n) is 5.48. The highest BCUT2D eigenvalue weighted by molar-refractivity contribution is 9.10. The summed E-state index contributed by atoms with van der Waals surface area (Å²) < 4.78 is 0.859. The maximum absolute atomic E-state index is 12.0. The van der Waals surface area contributed by atoms with E-state index in [0.29, 0.717) is 5.57 Å². The smallest absolute Gasteiger partial charge is 0.255 e. The second kappa shape index (κ2) is 5.65. The normalized spacial score (nSPS) is 9.83. The third-order valence-electron chi connectivity index (χ3n) is 2.50. The molecule has 0 fully saturated rings. The minimum absolute atomic E-state index is 0.201. The Kier molecular flexibility index (Phi) is 3.95. The van der Waals surface area contributed by atoms with E-state index < -0.39 is 0 Å². The highest BCUT2D eigenvalue weighted by Crippen LogP contribution is 2.23. The summed E-state index contributed by atoms with van der Waals surface area (Å²) in [5, 5.41) is 2.81. The van der Waals surface area contributed by atoms with E-state index in [1.54, 1.807) is 0 Å². The monoisotopic (exact) mass is 301 g/mol. The van der Waals surface area contributed by atoms with Gasteiger partial charge < -0.3 is 5.32 Å². The van der Waals surface area contributed by atoms with E-state index in [4.69, 9.17) is 0 Å². The molecule has 0 bridgehead atoms. The average molecular weight is 302 g/mol. The Labute approximate surface area is 114 Å². The fourth-order valence-corrected chi connectivity index (χ4v) is 2.08. The number of amides is 1. The lowest BCUT2D eigenvalue weighted by Gasteiger charge is -2.09. The number of hydrogen-bond acceptors (Lipinski definition) is 1. The molecule has 0 aliphatic carbocycles. The van der Waals surface area contributed by atoms with Gasteiger partial charge in [-0.25, -0.2) is 0 Å². The van der Waals surface area contributed by atoms with Crippen molar-refractivity contribution in [1.29, 1.82) is 0 Å². The molecule has 0 radical (unpaired) electrons. The van der Waals surface area contributed by atoms with Gasteiger partial charge in [0.25, 0.3) is 5.91 Å². The summed E-state index contributed by atoms with van der Waals surface area (Å²) >= 11 is 3.41. The van der Waals surface area contributed by atoms with Crippen LogP contribution in [0.3, 0.4) is 0 Å². The molecule has 0 saturated heterocycles. The molecule has 0 aliphatic rings. The van der Waals surface area contributed by atoms with Crippen molar-refractivity contribution in [3.63, 3.8) is 0 Å². The zero-order valence-corrected chi connectivity index (χ0v) is 11.3. The van der Waals surface area contributed by atoms with Crippen molar-refractivity contribution in [2.75, 3.05) is 5.32 Å². The zero-order chi connectivity index (χ0) is 13.0. The standard InChI is InChI=1S/C15H12BrNO/c1-11(13-9-5-6-10-14(13)16)15(18)17-12-7-3-2-4-8-12/h2-10H,1H2,(H,17,18). The predicted molar refractivity (Wildman–Crippen MR) is 78.2 cm³/mol. The first-order chi connectivity index (χ1) is 8.68. The molecular weight excluding hydrogens is 290 g/mol. The van der Waals surface area contributed by atoms with Crippen LogP contribution in [0.1, 0.15) is 5.56 Å². The molecule has 0 unspecified atom stereocenters. The summed E-state index contributed by atoms with van der Waals surface area (Å²) in [6, 6.07) is 16.8. The first kappa shape index (κ1) is 12.6. The van der Waals surface area contributed by atoms with Gasteiger partial charge >= 0.3 is 0 Å². The van der Waals surface area contributed by atoms with Gasteiger partial charge in [0.15, 0.2) is 0 Å². The van der Waals surface area contributed by atoms with Crippen molar-refractivity contribution >= 4 is 33.1 Å². The van der Waals surface area contributed by atoms with Crippen molar-refractivity contribution in [2.24, 2.45) is 0 Å². The molecule has 2 aromatic carbocycles. The second-order valence-corrected chi connectivity index (χ2v) is 4.63. The average Bonchev–Trinajstić information content (AvgIpc) is 2.39. The molecule has 1 N–H and O–H groups in total. The summed E-state index contributed by atoms with van der Waals surface area (Å²) in [7, 11) is 0. The molecule has 3 heteroatoms. The third kappa shape index (κ3) is 2.87. The van der Waals surface area contributed by atoms with Crippen LogP contribution >= 0.6 is 15.9 Å². The van der Waals surface area contributed by atoms with Crippen molar-refractivity contribution < 1.29 is 4.79 Å². The second-order valence-electron chi connectivity index (χ2n) is 3.78. The quantitative estimate of drug-likeness (QED) is 0.850. The van der Waals surface area contributed by atoms with Crippen molar-refractivity contribution in [3.05, 3.63) is 71.2 Å². The summed E-state index contributed by atoms with van der Waals surface area (Å²) in [4.78, 5) is 12.0. The molecule has 0 aliphatic heterocycles. The number of hydrogen-bond donors (Lipinski definition) is 1. The van der Waals surface area contributed by atoms with Crippen molar-refractivity contribution in [2.45, 2.75) is 0 Å². The Morgan fingerprint density at radius 1 is 1.00 bits per heavy atom. The zero-order valence-electron chi connectivity index (χ0n) is 9.69. The van der Waals surface area contributed by atoms with Crippen LogP contribution < -0.4 is 5.32 Å². The number of nitrogens with one attached hydrogen (secondary N) is 1. The molecule has 2 nitrogen and oxygen atoms in total. The van der Waals surface area contributed by atoms with E-state index in [-0.39, 0.29) is 5.91 Å². The Bertz CT molecular complexity index is 578. The summed E-state index contributed by atoms with van der Waals surface area (Å²) in [5.41, 5.74) is 1.99. The molecule has 2 aromatic rings. The SMILES string of the molecule is C=C(C(=O)Nc1ccccc1)c1ccccc1Br. The van der Waals surface area contributed by atoms with Crippen LogP contribution in [0.25, 0.3) is 5.57 Å². The van der Waals surface area contributed by atoms with Gasteiger partial charge in [-0.2, -0.15) is 0 Å². The first-order valence-corrected chi connectivity index (χ1v) is 6.28. The molecule has 0 heterocycles. The fourth-order valence-electron chi connectivity index (χ4n) is 1.56. The van der Waals surface area contributed by atoms with Crippen LogP contribution in [0.15, 0.2) is 65.6 Å². The van der Waals surface area contributed by atoms with Gasteiger partial charge in [0.1, 0.15) is 0 Å². The fraction of sp³-hybridized carbons (Fsp3) is 0. The molecule has 0 aromatic heterocycles. The van der Waals surface area contributed by atoms with Crippen LogP contribution in [0.2, 0.25) is 0 Å². The maximum atomic E-state index is 12.0. The Morgan fingerprint density at radius 2 is 1.61 bits per heavy atom. The molecule has 0 spiro atoms. The van der Waals surface area contributed by atoms with E-state index in [0.717, 1.165) is 15.7 Å².